The number of carbonyl (C=O) groups is 1. The lowest BCUT2D eigenvalue weighted by atomic mass is 9.91. The smallest absolute Gasteiger partial charge is 0.247 e. The molecule has 2 aromatic rings. The first-order valence-corrected chi connectivity index (χ1v) is 12.0. The van der Waals surface area contributed by atoms with E-state index in [-0.39, 0.29) is 12.5 Å². The molecule has 1 amide bonds. The zero-order valence-corrected chi connectivity index (χ0v) is 20.3. The summed E-state index contributed by atoms with van der Waals surface area (Å²) in [5, 5.41) is 12.0. The van der Waals surface area contributed by atoms with Gasteiger partial charge in [0.25, 0.3) is 0 Å². The van der Waals surface area contributed by atoms with Gasteiger partial charge in [-0.15, -0.1) is 0 Å². The van der Waals surface area contributed by atoms with E-state index in [1.807, 2.05) is 54.6 Å². The summed E-state index contributed by atoms with van der Waals surface area (Å²) in [5.74, 6) is -0.259. The number of hydrogen-bond donors (Lipinski definition) is 2. The SMILES string of the molecule is C=CC(=O)Nc1cccc(C2=CC=C/C(=C/N=C)C2=Nc2ccc(N3CCN(CCO)CC3)cc2)c1. The highest BCUT2D eigenvalue weighted by atomic mass is 16.3. The molecule has 7 nitrogen and oxygen atoms in total. The molecular formula is C29H31N5O2. The summed E-state index contributed by atoms with van der Waals surface area (Å²) in [4.78, 5) is 25.4. The lowest BCUT2D eigenvalue weighted by Crippen LogP contribution is -2.47. The molecule has 0 atom stereocenters. The number of benzene rings is 2. The first-order valence-electron chi connectivity index (χ1n) is 12.0. The molecule has 2 N–H and O–H groups in total. The van der Waals surface area contributed by atoms with Crippen molar-refractivity contribution in [1.82, 2.24) is 4.90 Å². The number of amides is 1. The van der Waals surface area contributed by atoms with E-state index >= 15 is 0 Å². The minimum atomic E-state index is -0.259. The van der Waals surface area contributed by atoms with E-state index < -0.39 is 0 Å². The summed E-state index contributed by atoms with van der Waals surface area (Å²) in [6.07, 6.45) is 8.87. The Morgan fingerprint density at radius 3 is 2.58 bits per heavy atom. The van der Waals surface area contributed by atoms with Crippen molar-refractivity contribution in [2.45, 2.75) is 0 Å². The zero-order valence-electron chi connectivity index (χ0n) is 20.3. The van der Waals surface area contributed by atoms with Gasteiger partial charge in [-0.2, -0.15) is 0 Å². The van der Waals surface area contributed by atoms with E-state index in [1.165, 1.54) is 6.08 Å². The molecular weight excluding hydrogens is 450 g/mol. The van der Waals surface area contributed by atoms with Gasteiger partial charge in [0, 0.05) is 61.4 Å². The summed E-state index contributed by atoms with van der Waals surface area (Å²) in [5.41, 5.74) is 6.16. The van der Waals surface area contributed by atoms with Crippen LogP contribution in [0.3, 0.4) is 0 Å². The summed E-state index contributed by atoms with van der Waals surface area (Å²) in [6, 6.07) is 15.9. The fraction of sp³-hybridized carbons (Fsp3) is 0.207. The third-order valence-corrected chi connectivity index (χ3v) is 6.17. The second-order valence-electron chi connectivity index (χ2n) is 8.51. The number of allylic oxidation sites excluding steroid dienone is 5. The molecule has 1 fully saturated rings. The van der Waals surface area contributed by atoms with E-state index in [9.17, 15) is 4.79 Å². The van der Waals surface area contributed by atoms with Gasteiger partial charge in [-0.1, -0.05) is 36.9 Å². The van der Waals surface area contributed by atoms with Crippen LogP contribution in [0.4, 0.5) is 17.1 Å². The molecule has 1 saturated heterocycles. The number of anilines is 2. The number of aliphatic hydroxyl groups is 1. The normalized spacial score (nSPS) is 18.2. The molecule has 2 aromatic carbocycles. The summed E-state index contributed by atoms with van der Waals surface area (Å²) >= 11 is 0. The molecule has 184 valence electrons. The number of aliphatic hydroxyl groups excluding tert-OH is 1. The number of carbonyl (C=O) groups excluding carboxylic acids is 1. The van der Waals surface area contributed by atoms with Gasteiger partial charge in [-0.3, -0.25) is 14.7 Å². The Morgan fingerprint density at radius 1 is 1.11 bits per heavy atom. The maximum atomic E-state index is 11.8. The summed E-state index contributed by atoms with van der Waals surface area (Å²) in [7, 11) is 0. The number of aliphatic imine (C=N–C) groups is 2. The number of nitrogens with one attached hydrogen (secondary N) is 1. The van der Waals surface area contributed by atoms with Crippen LogP contribution in [0, 0.1) is 0 Å². The minimum Gasteiger partial charge on any atom is -0.395 e. The molecule has 0 unspecified atom stereocenters. The Hall–Kier alpha value is -4.07. The fourth-order valence-corrected chi connectivity index (χ4v) is 4.32. The second-order valence-corrected chi connectivity index (χ2v) is 8.51. The topological polar surface area (TPSA) is 80.5 Å². The third-order valence-electron chi connectivity index (χ3n) is 6.17. The van der Waals surface area contributed by atoms with Gasteiger partial charge in [0.1, 0.15) is 0 Å². The van der Waals surface area contributed by atoms with Gasteiger partial charge in [0.2, 0.25) is 5.91 Å². The van der Waals surface area contributed by atoms with Crippen molar-refractivity contribution in [2.24, 2.45) is 9.98 Å². The van der Waals surface area contributed by atoms with Crippen LogP contribution in [-0.2, 0) is 4.79 Å². The highest BCUT2D eigenvalue weighted by molar-refractivity contribution is 6.34. The highest BCUT2D eigenvalue weighted by Crippen LogP contribution is 2.30. The molecule has 0 spiro atoms. The Morgan fingerprint density at radius 2 is 1.89 bits per heavy atom. The predicted octanol–water partition coefficient (Wildman–Crippen LogP) is 4.24. The molecule has 1 heterocycles. The van der Waals surface area contributed by atoms with E-state index in [4.69, 9.17) is 10.1 Å². The standard InChI is InChI=1S/C29H31N5O2/c1-3-28(36)31-25-8-4-6-22(20-25)27-9-5-7-23(21-30-2)29(27)32-24-10-12-26(13-11-24)34-16-14-33(15-17-34)18-19-35/h3-13,20-21,35H,1-2,14-19H2,(H,31,36)/b23-21-,32-29?. The number of nitrogens with zero attached hydrogens (tertiary/aromatic N) is 4. The van der Waals surface area contributed by atoms with Crippen LogP contribution in [0.25, 0.3) is 5.57 Å². The number of piperazine rings is 1. The van der Waals surface area contributed by atoms with Crippen LogP contribution in [0.5, 0.6) is 0 Å². The molecule has 36 heavy (non-hydrogen) atoms. The molecule has 0 bridgehead atoms. The zero-order chi connectivity index (χ0) is 25.3. The van der Waals surface area contributed by atoms with Crippen LogP contribution < -0.4 is 10.2 Å². The maximum absolute atomic E-state index is 11.8. The molecule has 0 aromatic heterocycles. The first-order chi connectivity index (χ1) is 17.6. The molecule has 4 rings (SSSR count). The molecule has 0 radical (unpaired) electrons. The Bertz CT molecular complexity index is 1230. The van der Waals surface area contributed by atoms with Crippen LogP contribution >= 0.6 is 0 Å². The first kappa shape index (κ1) is 25.0. The van der Waals surface area contributed by atoms with Crippen LogP contribution in [-0.4, -0.2) is 67.7 Å². The van der Waals surface area contributed by atoms with Crippen molar-refractivity contribution in [3.8, 4) is 0 Å². The van der Waals surface area contributed by atoms with Gasteiger partial charge < -0.3 is 15.3 Å². The molecule has 1 aliphatic heterocycles. The van der Waals surface area contributed by atoms with E-state index in [0.29, 0.717) is 5.69 Å². The van der Waals surface area contributed by atoms with Crippen LogP contribution in [0.2, 0.25) is 0 Å². The average Bonchev–Trinajstić information content (AvgIpc) is 2.91. The summed E-state index contributed by atoms with van der Waals surface area (Å²) in [6.45, 7) is 11.8. The van der Waals surface area contributed by atoms with Crippen LogP contribution in [0.15, 0.2) is 101 Å². The monoisotopic (exact) mass is 481 g/mol. The molecule has 7 heteroatoms. The Balaban J connectivity index is 1.59. The highest BCUT2D eigenvalue weighted by Gasteiger charge is 2.18. The second kappa shape index (κ2) is 12.1. The van der Waals surface area contributed by atoms with Gasteiger partial charge >= 0.3 is 0 Å². The van der Waals surface area contributed by atoms with Gasteiger partial charge in [-0.05, 0) is 54.8 Å². The number of rotatable bonds is 8. The lowest BCUT2D eigenvalue weighted by molar-refractivity contribution is -0.111. The van der Waals surface area contributed by atoms with Crippen molar-refractivity contribution >= 4 is 41.0 Å². The molecule has 0 saturated carbocycles. The van der Waals surface area contributed by atoms with Crippen molar-refractivity contribution in [2.75, 3.05) is 49.5 Å². The third kappa shape index (κ3) is 6.13. The molecule has 2 aliphatic rings. The van der Waals surface area contributed by atoms with Crippen LogP contribution in [0.1, 0.15) is 5.56 Å². The van der Waals surface area contributed by atoms with Gasteiger partial charge in [0.05, 0.1) is 18.0 Å². The van der Waals surface area contributed by atoms with E-state index in [0.717, 1.165) is 66.5 Å². The number of hydrogen-bond acceptors (Lipinski definition) is 6. The van der Waals surface area contributed by atoms with E-state index in [1.54, 1.807) is 6.20 Å². The Kier molecular flexibility index (Phi) is 8.39. The van der Waals surface area contributed by atoms with Crippen molar-refractivity contribution in [3.63, 3.8) is 0 Å². The van der Waals surface area contributed by atoms with Crippen molar-refractivity contribution in [3.05, 3.63) is 96.8 Å². The van der Waals surface area contributed by atoms with Gasteiger partial charge in [-0.25, -0.2) is 4.99 Å². The number of β-amino-alcohol motifs (C(OH)–C–C–N with tert-alkyl or cyclic N) is 1. The minimum absolute atomic E-state index is 0.201. The lowest BCUT2D eigenvalue weighted by Gasteiger charge is -2.35. The largest absolute Gasteiger partial charge is 0.395 e. The molecule has 1 aliphatic carbocycles. The predicted molar refractivity (Wildman–Crippen MR) is 149 cm³/mol. The fourth-order valence-electron chi connectivity index (χ4n) is 4.32. The summed E-state index contributed by atoms with van der Waals surface area (Å²) < 4.78 is 0. The van der Waals surface area contributed by atoms with E-state index in [2.05, 4.69) is 45.5 Å². The van der Waals surface area contributed by atoms with Crippen molar-refractivity contribution < 1.29 is 9.90 Å². The van der Waals surface area contributed by atoms with Crippen molar-refractivity contribution in [1.29, 1.82) is 0 Å². The van der Waals surface area contributed by atoms with Gasteiger partial charge in [0.15, 0.2) is 0 Å². The maximum Gasteiger partial charge on any atom is 0.247 e. The quantitative estimate of drug-likeness (QED) is 0.437. The Labute approximate surface area is 212 Å². The average molecular weight is 482 g/mol.